The summed E-state index contributed by atoms with van der Waals surface area (Å²) >= 11 is 0. The molecule has 0 radical (unpaired) electrons. The molecule has 0 bridgehead atoms. The standard InChI is InChI=1S/C18H28N4O2/c1-2-3-6-16(12-19)21-17(23)15-5-4-11-22(13-15)18(24)14-7-9-20-10-8-14/h7-10,15-16H,2-6,11-13,19H2,1H3,(H,21,23). The lowest BCUT2D eigenvalue weighted by atomic mass is 9.96. The molecule has 3 N–H and O–H groups in total. The van der Waals surface area contributed by atoms with E-state index in [-0.39, 0.29) is 23.8 Å². The van der Waals surface area contributed by atoms with Gasteiger partial charge < -0.3 is 16.0 Å². The van der Waals surface area contributed by atoms with Gasteiger partial charge in [-0.05, 0) is 31.4 Å². The van der Waals surface area contributed by atoms with Crippen molar-refractivity contribution in [3.8, 4) is 0 Å². The molecule has 1 aromatic heterocycles. The molecule has 2 atom stereocenters. The maximum absolute atomic E-state index is 12.5. The van der Waals surface area contributed by atoms with Crippen molar-refractivity contribution in [3.05, 3.63) is 30.1 Å². The molecule has 132 valence electrons. The van der Waals surface area contributed by atoms with Gasteiger partial charge in [0.05, 0.1) is 5.92 Å². The summed E-state index contributed by atoms with van der Waals surface area (Å²) in [4.78, 5) is 30.8. The van der Waals surface area contributed by atoms with Crippen molar-refractivity contribution >= 4 is 11.8 Å². The van der Waals surface area contributed by atoms with E-state index in [4.69, 9.17) is 5.73 Å². The highest BCUT2D eigenvalue weighted by Gasteiger charge is 2.29. The topological polar surface area (TPSA) is 88.3 Å². The normalized spacial score (nSPS) is 18.9. The summed E-state index contributed by atoms with van der Waals surface area (Å²) in [6, 6.07) is 3.45. The Hall–Kier alpha value is -1.95. The van der Waals surface area contributed by atoms with E-state index < -0.39 is 0 Å². The van der Waals surface area contributed by atoms with Crippen molar-refractivity contribution in [1.82, 2.24) is 15.2 Å². The number of unbranched alkanes of at least 4 members (excludes halogenated alkanes) is 1. The summed E-state index contributed by atoms with van der Waals surface area (Å²) in [5.41, 5.74) is 6.38. The Morgan fingerprint density at radius 2 is 2.17 bits per heavy atom. The van der Waals surface area contributed by atoms with Crippen LogP contribution in [0.1, 0.15) is 49.4 Å². The maximum atomic E-state index is 12.5. The fourth-order valence-electron chi connectivity index (χ4n) is 3.07. The molecule has 1 fully saturated rings. The third-order valence-corrected chi connectivity index (χ3v) is 4.54. The van der Waals surface area contributed by atoms with Crippen LogP contribution in [0.3, 0.4) is 0 Å². The lowest BCUT2D eigenvalue weighted by Gasteiger charge is -2.33. The number of hydrogen-bond donors (Lipinski definition) is 2. The van der Waals surface area contributed by atoms with Gasteiger partial charge >= 0.3 is 0 Å². The SMILES string of the molecule is CCCCC(CN)NC(=O)C1CCCN(C(=O)c2ccncc2)C1. The Morgan fingerprint density at radius 1 is 1.42 bits per heavy atom. The molecule has 2 amide bonds. The first-order chi connectivity index (χ1) is 11.7. The summed E-state index contributed by atoms with van der Waals surface area (Å²) < 4.78 is 0. The minimum absolute atomic E-state index is 0.0220. The first-order valence-electron chi connectivity index (χ1n) is 8.85. The van der Waals surface area contributed by atoms with E-state index in [9.17, 15) is 9.59 Å². The van der Waals surface area contributed by atoms with Crippen molar-refractivity contribution < 1.29 is 9.59 Å². The van der Waals surface area contributed by atoms with E-state index in [1.54, 1.807) is 29.4 Å². The lowest BCUT2D eigenvalue weighted by Crippen LogP contribution is -2.49. The second-order valence-electron chi connectivity index (χ2n) is 6.41. The summed E-state index contributed by atoms with van der Waals surface area (Å²) in [5.74, 6) is -0.162. The molecule has 0 aromatic carbocycles. The molecule has 6 nitrogen and oxygen atoms in total. The highest BCUT2D eigenvalue weighted by molar-refractivity contribution is 5.94. The van der Waals surface area contributed by atoms with Gasteiger partial charge in [-0.2, -0.15) is 0 Å². The van der Waals surface area contributed by atoms with Gasteiger partial charge in [-0.25, -0.2) is 0 Å². The van der Waals surface area contributed by atoms with Gasteiger partial charge in [0, 0.05) is 43.6 Å². The number of nitrogens with one attached hydrogen (secondary N) is 1. The highest BCUT2D eigenvalue weighted by atomic mass is 16.2. The van der Waals surface area contributed by atoms with E-state index in [2.05, 4.69) is 17.2 Å². The average Bonchev–Trinajstić information content (AvgIpc) is 2.65. The zero-order valence-corrected chi connectivity index (χ0v) is 14.4. The van der Waals surface area contributed by atoms with Crippen LogP contribution in [0, 0.1) is 5.92 Å². The molecule has 1 saturated heterocycles. The second kappa shape index (κ2) is 9.37. The number of likely N-dealkylation sites (tertiary alicyclic amines) is 1. The molecule has 0 saturated carbocycles. The zero-order chi connectivity index (χ0) is 17.4. The molecule has 1 aliphatic rings. The number of rotatable bonds is 7. The number of aromatic nitrogens is 1. The molecule has 6 heteroatoms. The first kappa shape index (κ1) is 18.4. The van der Waals surface area contributed by atoms with Crippen LogP contribution in [0.2, 0.25) is 0 Å². The molecule has 0 spiro atoms. The van der Waals surface area contributed by atoms with E-state index in [1.807, 2.05) is 0 Å². The van der Waals surface area contributed by atoms with Gasteiger partial charge in [0.15, 0.2) is 0 Å². The monoisotopic (exact) mass is 332 g/mol. The predicted molar refractivity (Wildman–Crippen MR) is 93.4 cm³/mol. The number of nitrogens with two attached hydrogens (primary N) is 1. The number of nitrogens with zero attached hydrogens (tertiary/aromatic N) is 2. The Morgan fingerprint density at radius 3 is 2.83 bits per heavy atom. The van der Waals surface area contributed by atoms with Crippen LogP contribution < -0.4 is 11.1 Å². The summed E-state index contributed by atoms with van der Waals surface area (Å²) in [5, 5.41) is 3.06. The number of carbonyl (C=O) groups excluding carboxylic acids is 2. The number of pyridine rings is 1. The van der Waals surface area contributed by atoms with Crippen molar-refractivity contribution in [2.45, 2.75) is 45.1 Å². The van der Waals surface area contributed by atoms with E-state index in [1.165, 1.54) is 0 Å². The van der Waals surface area contributed by atoms with Crippen LogP contribution in [0.4, 0.5) is 0 Å². The highest BCUT2D eigenvalue weighted by Crippen LogP contribution is 2.19. The Labute approximate surface area is 143 Å². The molecule has 24 heavy (non-hydrogen) atoms. The number of hydrogen-bond acceptors (Lipinski definition) is 4. The Bertz CT molecular complexity index is 535. The van der Waals surface area contributed by atoms with Crippen molar-refractivity contribution in [3.63, 3.8) is 0 Å². The fraction of sp³-hybridized carbons (Fsp3) is 0.611. The van der Waals surface area contributed by atoms with Crippen LogP contribution >= 0.6 is 0 Å². The minimum Gasteiger partial charge on any atom is -0.352 e. The molecule has 1 aromatic rings. The zero-order valence-electron chi connectivity index (χ0n) is 14.4. The van der Waals surface area contributed by atoms with E-state index in [0.717, 1.165) is 32.1 Å². The van der Waals surface area contributed by atoms with Crippen molar-refractivity contribution in [1.29, 1.82) is 0 Å². The van der Waals surface area contributed by atoms with E-state index >= 15 is 0 Å². The van der Waals surface area contributed by atoms with Gasteiger partial charge in [-0.1, -0.05) is 19.8 Å². The third kappa shape index (κ3) is 5.03. The molecule has 2 unspecified atom stereocenters. The number of amides is 2. The third-order valence-electron chi connectivity index (χ3n) is 4.54. The van der Waals surface area contributed by atoms with Gasteiger partial charge in [-0.15, -0.1) is 0 Å². The quantitative estimate of drug-likeness (QED) is 0.793. The van der Waals surface area contributed by atoms with Crippen LogP contribution in [-0.4, -0.2) is 47.4 Å². The van der Waals surface area contributed by atoms with Crippen LogP contribution in [0.15, 0.2) is 24.5 Å². The average molecular weight is 332 g/mol. The fourth-order valence-corrected chi connectivity index (χ4v) is 3.07. The summed E-state index contributed by atoms with van der Waals surface area (Å²) in [6.45, 7) is 3.75. The molecular formula is C18H28N4O2. The Kier molecular flexibility index (Phi) is 7.18. The largest absolute Gasteiger partial charge is 0.352 e. The maximum Gasteiger partial charge on any atom is 0.253 e. The van der Waals surface area contributed by atoms with Crippen molar-refractivity contribution in [2.24, 2.45) is 11.7 Å². The summed E-state index contributed by atoms with van der Waals surface area (Å²) in [6.07, 6.45) is 7.94. The van der Waals surface area contributed by atoms with E-state index in [0.29, 0.717) is 25.2 Å². The lowest BCUT2D eigenvalue weighted by molar-refractivity contribution is -0.127. The molecule has 1 aliphatic heterocycles. The second-order valence-corrected chi connectivity index (χ2v) is 6.41. The van der Waals surface area contributed by atoms with Crippen LogP contribution in [0.5, 0.6) is 0 Å². The molecule has 0 aliphatic carbocycles. The molecule has 2 rings (SSSR count). The summed E-state index contributed by atoms with van der Waals surface area (Å²) in [7, 11) is 0. The predicted octanol–water partition coefficient (Wildman–Crippen LogP) is 1.57. The van der Waals surface area contributed by atoms with Crippen LogP contribution in [-0.2, 0) is 4.79 Å². The first-order valence-corrected chi connectivity index (χ1v) is 8.85. The molecule has 2 heterocycles. The van der Waals surface area contributed by atoms with Gasteiger partial charge in [0.2, 0.25) is 5.91 Å². The van der Waals surface area contributed by atoms with Gasteiger partial charge in [-0.3, -0.25) is 14.6 Å². The van der Waals surface area contributed by atoms with Crippen molar-refractivity contribution in [2.75, 3.05) is 19.6 Å². The molecular weight excluding hydrogens is 304 g/mol. The van der Waals surface area contributed by atoms with Gasteiger partial charge in [0.1, 0.15) is 0 Å². The Balaban J connectivity index is 1.92. The van der Waals surface area contributed by atoms with Crippen LogP contribution in [0.25, 0.3) is 0 Å². The van der Waals surface area contributed by atoms with Gasteiger partial charge in [0.25, 0.3) is 5.91 Å². The number of piperidine rings is 1. The number of carbonyl (C=O) groups is 2. The smallest absolute Gasteiger partial charge is 0.253 e. The minimum atomic E-state index is -0.153.